The molecule has 23 heavy (non-hydrogen) atoms. The first-order chi connectivity index (χ1) is 11.0. The zero-order valence-corrected chi connectivity index (χ0v) is 12.4. The maximum atomic E-state index is 13.5. The second-order valence-electron chi connectivity index (χ2n) is 4.68. The van der Waals surface area contributed by atoms with Gasteiger partial charge < -0.3 is 15.2 Å². The number of esters is 1. The van der Waals surface area contributed by atoms with Gasteiger partial charge in [0.2, 0.25) is 0 Å². The van der Waals surface area contributed by atoms with Gasteiger partial charge in [0.25, 0.3) is 0 Å². The smallest absolute Gasteiger partial charge is 0.339 e. The minimum Gasteiger partial charge on any atom is -0.462 e. The Bertz CT molecular complexity index is 657. The summed E-state index contributed by atoms with van der Waals surface area (Å²) in [5.41, 5.74) is -0.110. The summed E-state index contributed by atoms with van der Waals surface area (Å²) < 4.78 is 31.9. The SMILES string of the molecule is CCOC(=O)c1ccc(NCC(O)c2c(F)cccc2F)nc1. The van der Waals surface area contributed by atoms with Crippen molar-refractivity contribution in [1.82, 2.24) is 4.98 Å². The molecular formula is C16H16F2N2O3. The molecule has 122 valence electrons. The lowest BCUT2D eigenvalue weighted by molar-refractivity contribution is 0.0526. The molecule has 0 fully saturated rings. The zero-order valence-electron chi connectivity index (χ0n) is 12.4. The number of aliphatic hydroxyl groups excluding tert-OH is 1. The Morgan fingerprint density at radius 3 is 2.57 bits per heavy atom. The van der Waals surface area contributed by atoms with Gasteiger partial charge in [0.05, 0.1) is 17.7 Å². The quantitative estimate of drug-likeness (QED) is 0.800. The molecule has 1 aromatic carbocycles. The first kappa shape index (κ1) is 16.8. The molecule has 1 heterocycles. The molecular weight excluding hydrogens is 306 g/mol. The van der Waals surface area contributed by atoms with E-state index in [2.05, 4.69) is 10.3 Å². The van der Waals surface area contributed by atoms with Crippen molar-refractivity contribution >= 4 is 11.8 Å². The third-order valence-electron chi connectivity index (χ3n) is 3.08. The first-order valence-corrected chi connectivity index (χ1v) is 7.02. The number of hydrogen-bond donors (Lipinski definition) is 2. The van der Waals surface area contributed by atoms with E-state index in [1.165, 1.54) is 24.4 Å². The summed E-state index contributed by atoms with van der Waals surface area (Å²) in [6.07, 6.45) is -0.0566. The predicted molar refractivity (Wildman–Crippen MR) is 80.0 cm³/mol. The van der Waals surface area contributed by atoms with Gasteiger partial charge in [0, 0.05) is 12.7 Å². The van der Waals surface area contributed by atoms with Crippen molar-refractivity contribution in [3.63, 3.8) is 0 Å². The van der Waals surface area contributed by atoms with E-state index in [0.717, 1.165) is 12.1 Å². The van der Waals surface area contributed by atoms with Crippen LogP contribution in [0.2, 0.25) is 0 Å². The number of nitrogens with one attached hydrogen (secondary N) is 1. The Balaban J connectivity index is 1.99. The number of hydrogen-bond acceptors (Lipinski definition) is 5. The summed E-state index contributed by atoms with van der Waals surface area (Å²) in [7, 11) is 0. The molecule has 0 spiro atoms. The van der Waals surface area contributed by atoms with E-state index < -0.39 is 29.3 Å². The molecule has 0 aliphatic carbocycles. The van der Waals surface area contributed by atoms with E-state index in [4.69, 9.17) is 4.74 Å². The first-order valence-electron chi connectivity index (χ1n) is 7.02. The number of ether oxygens (including phenoxy) is 1. The van der Waals surface area contributed by atoms with E-state index in [-0.39, 0.29) is 18.7 Å². The molecule has 0 aliphatic heterocycles. The number of anilines is 1. The highest BCUT2D eigenvalue weighted by molar-refractivity contribution is 5.89. The lowest BCUT2D eigenvalue weighted by atomic mass is 10.1. The molecule has 2 N–H and O–H groups in total. The van der Waals surface area contributed by atoms with Gasteiger partial charge in [0.1, 0.15) is 23.6 Å². The van der Waals surface area contributed by atoms with Crippen LogP contribution in [0.1, 0.15) is 28.9 Å². The van der Waals surface area contributed by atoms with Gasteiger partial charge in [-0.2, -0.15) is 0 Å². The number of benzene rings is 1. The van der Waals surface area contributed by atoms with Crippen LogP contribution in [0.15, 0.2) is 36.5 Å². The summed E-state index contributed by atoms with van der Waals surface area (Å²) in [4.78, 5) is 15.5. The standard InChI is InChI=1S/C16H16F2N2O3/c1-2-23-16(22)10-6-7-14(19-8-10)20-9-13(21)15-11(17)4-3-5-12(15)18/h3-8,13,21H,2,9H2,1H3,(H,19,20). The molecule has 5 nitrogen and oxygen atoms in total. The van der Waals surface area contributed by atoms with Crippen LogP contribution in [0.3, 0.4) is 0 Å². The minimum atomic E-state index is -1.37. The number of nitrogens with zero attached hydrogens (tertiary/aromatic N) is 1. The fourth-order valence-corrected chi connectivity index (χ4v) is 1.97. The number of aromatic nitrogens is 1. The largest absolute Gasteiger partial charge is 0.462 e. The van der Waals surface area contributed by atoms with E-state index in [0.29, 0.717) is 5.82 Å². The topological polar surface area (TPSA) is 71.5 Å². The molecule has 0 amide bonds. The van der Waals surface area contributed by atoms with Crippen molar-refractivity contribution < 1.29 is 23.4 Å². The summed E-state index contributed by atoms with van der Waals surface area (Å²) in [6.45, 7) is 1.83. The monoisotopic (exact) mass is 322 g/mol. The van der Waals surface area contributed by atoms with E-state index in [1.54, 1.807) is 6.92 Å². The van der Waals surface area contributed by atoms with Gasteiger partial charge in [-0.15, -0.1) is 0 Å². The average molecular weight is 322 g/mol. The Hall–Kier alpha value is -2.54. The average Bonchev–Trinajstić information content (AvgIpc) is 2.53. The second kappa shape index (κ2) is 7.64. The second-order valence-corrected chi connectivity index (χ2v) is 4.68. The number of carbonyl (C=O) groups is 1. The summed E-state index contributed by atoms with van der Waals surface area (Å²) in [5, 5.41) is 12.7. The molecule has 2 aromatic rings. The van der Waals surface area contributed by atoms with Crippen LogP contribution in [0.5, 0.6) is 0 Å². The van der Waals surface area contributed by atoms with Crippen LogP contribution >= 0.6 is 0 Å². The van der Waals surface area contributed by atoms with Crippen LogP contribution in [0, 0.1) is 11.6 Å². The molecule has 0 saturated heterocycles. The van der Waals surface area contributed by atoms with Crippen molar-refractivity contribution in [1.29, 1.82) is 0 Å². The fraction of sp³-hybridized carbons (Fsp3) is 0.250. The zero-order chi connectivity index (χ0) is 16.8. The molecule has 0 aliphatic rings. The number of halogens is 2. The highest BCUT2D eigenvalue weighted by Crippen LogP contribution is 2.21. The van der Waals surface area contributed by atoms with Crippen molar-refractivity contribution in [2.75, 3.05) is 18.5 Å². The lowest BCUT2D eigenvalue weighted by Gasteiger charge is -2.14. The van der Waals surface area contributed by atoms with E-state index >= 15 is 0 Å². The summed E-state index contributed by atoms with van der Waals surface area (Å²) >= 11 is 0. The highest BCUT2D eigenvalue weighted by Gasteiger charge is 2.17. The molecule has 1 aromatic heterocycles. The molecule has 7 heteroatoms. The molecule has 1 unspecified atom stereocenters. The maximum absolute atomic E-state index is 13.5. The Kier molecular flexibility index (Phi) is 5.59. The van der Waals surface area contributed by atoms with Crippen LogP contribution in [-0.4, -0.2) is 29.2 Å². The lowest BCUT2D eigenvalue weighted by Crippen LogP contribution is -2.16. The number of aliphatic hydroxyl groups is 1. The molecule has 0 saturated carbocycles. The van der Waals surface area contributed by atoms with Gasteiger partial charge in [-0.3, -0.25) is 0 Å². The minimum absolute atomic E-state index is 0.135. The fourth-order valence-electron chi connectivity index (χ4n) is 1.97. The highest BCUT2D eigenvalue weighted by atomic mass is 19.1. The number of rotatable bonds is 6. The summed E-state index contributed by atoms with van der Waals surface area (Å²) in [6, 6.07) is 6.39. The maximum Gasteiger partial charge on any atom is 0.339 e. The summed E-state index contributed by atoms with van der Waals surface area (Å²) in [5.74, 6) is -1.76. The van der Waals surface area contributed by atoms with Crippen molar-refractivity contribution in [3.8, 4) is 0 Å². The molecule has 0 bridgehead atoms. The van der Waals surface area contributed by atoms with Crippen molar-refractivity contribution in [2.45, 2.75) is 13.0 Å². The predicted octanol–water partition coefficient (Wildman–Crippen LogP) is 2.68. The Labute approximate surface area is 131 Å². The van der Waals surface area contributed by atoms with Gasteiger partial charge >= 0.3 is 5.97 Å². The van der Waals surface area contributed by atoms with Crippen LogP contribution in [0.25, 0.3) is 0 Å². The van der Waals surface area contributed by atoms with Gasteiger partial charge in [-0.05, 0) is 31.2 Å². The normalized spacial score (nSPS) is 11.8. The van der Waals surface area contributed by atoms with Gasteiger partial charge in [0.15, 0.2) is 0 Å². The van der Waals surface area contributed by atoms with E-state index in [9.17, 15) is 18.7 Å². The third kappa shape index (κ3) is 4.23. The van der Waals surface area contributed by atoms with Crippen LogP contribution in [0.4, 0.5) is 14.6 Å². The van der Waals surface area contributed by atoms with Crippen LogP contribution in [-0.2, 0) is 4.74 Å². The molecule has 2 rings (SSSR count). The molecule has 1 atom stereocenters. The van der Waals surface area contributed by atoms with E-state index in [1.807, 2.05) is 0 Å². The number of pyridine rings is 1. The van der Waals surface area contributed by atoms with Crippen molar-refractivity contribution in [2.24, 2.45) is 0 Å². The third-order valence-corrected chi connectivity index (χ3v) is 3.08. The number of carbonyl (C=O) groups excluding carboxylic acids is 1. The van der Waals surface area contributed by atoms with Gasteiger partial charge in [-0.1, -0.05) is 6.07 Å². The van der Waals surface area contributed by atoms with Gasteiger partial charge in [-0.25, -0.2) is 18.6 Å². The van der Waals surface area contributed by atoms with Crippen LogP contribution < -0.4 is 5.32 Å². The van der Waals surface area contributed by atoms with Crippen molar-refractivity contribution in [3.05, 3.63) is 59.3 Å². The Morgan fingerprint density at radius 2 is 2.00 bits per heavy atom. The molecule has 0 radical (unpaired) electrons. The Morgan fingerprint density at radius 1 is 1.30 bits per heavy atom.